The summed E-state index contributed by atoms with van der Waals surface area (Å²) >= 11 is 12.8. The van der Waals surface area contributed by atoms with Crippen LogP contribution in [0.1, 0.15) is 0 Å². The van der Waals surface area contributed by atoms with Crippen molar-refractivity contribution in [3.05, 3.63) is 40.5 Å². The van der Waals surface area contributed by atoms with Gasteiger partial charge in [0.25, 0.3) is 5.78 Å². The summed E-state index contributed by atoms with van der Waals surface area (Å²) < 4.78 is 16.3. The van der Waals surface area contributed by atoms with Gasteiger partial charge in [-0.1, -0.05) is 42.4 Å². The molecule has 0 unspecified atom stereocenters. The Bertz CT molecular complexity index is 954. The highest BCUT2D eigenvalue weighted by Crippen LogP contribution is 2.42. The summed E-state index contributed by atoms with van der Waals surface area (Å²) in [5, 5.41) is 4.76. The van der Waals surface area contributed by atoms with Crippen LogP contribution in [0.15, 0.2) is 24.5 Å². The van der Waals surface area contributed by atoms with Gasteiger partial charge in [0.15, 0.2) is 0 Å². The molecule has 0 amide bonds. The molecule has 25 heavy (non-hydrogen) atoms. The summed E-state index contributed by atoms with van der Waals surface area (Å²) in [5.74, 6) is 0.660. The van der Waals surface area contributed by atoms with Crippen LogP contribution in [0.4, 0.5) is 10.2 Å². The third kappa shape index (κ3) is 2.80. The smallest absolute Gasteiger partial charge is 0.255 e. The molecule has 0 aliphatic carbocycles. The lowest BCUT2D eigenvalue weighted by molar-refractivity contribution is 0.631. The summed E-state index contributed by atoms with van der Waals surface area (Å²) in [7, 11) is -1.35. The summed E-state index contributed by atoms with van der Waals surface area (Å²) in [4.78, 5) is 10.6. The van der Waals surface area contributed by atoms with Gasteiger partial charge in [0.2, 0.25) is 0 Å². The van der Waals surface area contributed by atoms with Crippen molar-refractivity contribution in [3.63, 3.8) is 0 Å². The van der Waals surface area contributed by atoms with E-state index in [1.54, 1.807) is 16.6 Å². The van der Waals surface area contributed by atoms with E-state index in [4.69, 9.17) is 23.2 Å². The predicted octanol–water partition coefficient (Wildman–Crippen LogP) is 4.30. The van der Waals surface area contributed by atoms with Crippen molar-refractivity contribution < 1.29 is 4.39 Å². The van der Waals surface area contributed by atoms with Crippen LogP contribution in [0.5, 0.6) is 0 Å². The number of nitrogens with zero attached hydrogens (tertiary/aromatic N) is 5. The zero-order valence-corrected chi connectivity index (χ0v) is 16.3. The van der Waals surface area contributed by atoms with Crippen molar-refractivity contribution in [2.75, 3.05) is 17.6 Å². The van der Waals surface area contributed by atoms with Gasteiger partial charge in [-0.3, -0.25) is 0 Å². The van der Waals surface area contributed by atoms with Crippen molar-refractivity contribution in [1.82, 2.24) is 19.6 Å². The molecule has 130 valence electrons. The molecule has 3 heterocycles. The minimum Gasteiger partial charge on any atom is -0.359 e. The zero-order chi connectivity index (χ0) is 17.8. The first-order chi connectivity index (χ1) is 11.9. The van der Waals surface area contributed by atoms with Crippen LogP contribution in [0.2, 0.25) is 29.3 Å². The van der Waals surface area contributed by atoms with Crippen LogP contribution in [-0.2, 0) is 0 Å². The minimum atomic E-state index is -1.35. The lowest BCUT2D eigenvalue weighted by atomic mass is 10.1. The maximum absolute atomic E-state index is 14.6. The Morgan fingerprint density at radius 1 is 1.20 bits per heavy atom. The Hall–Kier alpha value is -1.70. The molecule has 0 bridgehead atoms. The van der Waals surface area contributed by atoms with E-state index in [0.29, 0.717) is 22.2 Å². The molecular weight excluding hydrogens is 380 g/mol. The summed E-state index contributed by atoms with van der Waals surface area (Å²) in [5.41, 5.74) is 0.718. The third-order valence-corrected chi connectivity index (χ3v) is 7.95. The number of benzene rings is 1. The standard InChI is InChI=1S/C16H16Cl2FN5Si/c1-25(2)7-6-23(9-25)15-13(12-10(17)4-3-5-11(12)19)14(18)22-16-20-8-21-24(15)16/h3-5,8H,6-7,9H2,1-2H3. The second-order valence-electron chi connectivity index (χ2n) is 7.01. The van der Waals surface area contributed by atoms with Crippen LogP contribution in [0.25, 0.3) is 16.9 Å². The van der Waals surface area contributed by atoms with E-state index < -0.39 is 13.9 Å². The lowest BCUT2D eigenvalue weighted by Gasteiger charge is -2.24. The molecule has 3 aromatic rings. The largest absolute Gasteiger partial charge is 0.359 e. The Morgan fingerprint density at radius 2 is 2.00 bits per heavy atom. The fraction of sp³-hybridized carbons (Fsp3) is 0.312. The molecule has 2 aromatic heterocycles. The first kappa shape index (κ1) is 16.7. The van der Waals surface area contributed by atoms with E-state index in [9.17, 15) is 4.39 Å². The average Bonchev–Trinajstić information content (AvgIpc) is 3.13. The van der Waals surface area contributed by atoms with Crippen molar-refractivity contribution >= 4 is 42.9 Å². The van der Waals surface area contributed by atoms with E-state index in [1.807, 2.05) is 0 Å². The summed E-state index contributed by atoms with van der Waals surface area (Å²) in [6.45, 7) is 5.54. The Morgan fingerprint density at radius 3 is 2.68 bits per heavy atom. The predicted molar refractivity (Wildman–Crippen MR) is 101 cm³/mol. The quantitative estimate of drug-likeness (QED) is 0.479. The summed E-state index contributed by atoms with van der Waals surface area (Å²) in [6, 6.07) is 5.74. The number of hydrogen-bond acceptors (Lipinski definition) is 4. The molecule has 0 N–H and O–H groups in total. The molecule has 4 rings (SSSR count). The molecule has 9 heteroatoms. The van der Waals surface area contributed by atoms with Crippen molar-refractivity contribution in [3.8, 4) is 11.1 Å². The van der Waals surface area contributed by atoms with E-state index in [2.05, 4.69) is 33.1 Å². The van der Waals surface area contributed by atoms with Crippen LogP contribution < -0.4 is 4.90 Å². The van der Waals surface area contributed by atoms with Gasteiger partial charge in [-0.05, 0) is 18.2 Å². The number of aromatic nitrogens is 4. The highest BCUT2D eigenvalue weighted by atomic mass is 35.5. The number of anilines is 1. The molecular formula is C16H16Cl2FN5Si. The molecule has 0 atom stereocenters. The van der Waals surface area contributed by atoms with E-state index in [-0.39, 0.29) is 10.7 Å². The zero-order valence-electron chi connectivity index (χ0n) is 13.8. The normalized spacial score (nSPS) is 16.8. The molecule has 1 saturated heterocycles. The second kappa shape index (κ2) is 5.93. The Kier molecular flexibility index (Phi) is 3.97. The van der Waals surface area contributed by atoms with Gasteiger partial charge in [-0.2, -0.15) is 19.6 Å². The fourth-order valence-corrected chi connectivity index (χ4v) is 6.23. The topological polar surface area (TPSA) is 46.3 Å². The van der Waals surface area contributed by atoms with Crippen molar-refractivity contribution in [2.24, 2.45) is 0 Å². The highest BCUT2D eigenvalue weighted by Gasteiger charge is 2.35. The van der Waals surface area contributed by atoms with Gasteiger partial charge in [-0.25, -0.2) is 4.39 Å². The van der Waals surface area contributed by atoms with Gasteiger partial charge in [0.05, 0.1) is 18.7 Å². The van der Waals surface area contributed by atoms with Crippen LogP contribution in [0.3, 0.4) is 0 Å². The number of hydrogen-bond donors (Lipinski definition) is 0. The molecule has 1 aromatic carbocycles. The number of rotatable bonds is 2. The third-order valence-electron chi connectivity index (χ3n) is 4.55. The van der Waals surface area contributed by atoms with Gasteiger partial charge in [-0.15, -0.1) is 0 Å². The highest BCUT2D eigenvalue weighted by molar-refractivity contribution is 6.79. The van der Waals surface area contributed by atoms with Gasteiger partial charge < -0.3 is 4.90 Å². The monoisotopic (exact) mass is 395 g/mol. The SMILES string of the molecule is C[Si]1(C)CCN(c2c(-c3c(F)cccc3Cl)c(Cl)nc3ncnn23)C1. The van der Waals surface area contributed by atoms with Crippen LogP contribution >= 0.6 is 23.2 Å². The Balaban J connectivity index is 2.04. The van der Waals surface area contributed by atoms with Gasteiger partial charge >= 0.3 is 0 Å². The molecule has 1 aliphatic rings. The summed E-state index contributed by atoms with van der Waals surface area (Å²) in [6.07, 6.45) is 2.36. The lowest BCUT2D eigenvalue weighted by Crippen LogP contribution is -2.33. The van der Waals surface area contributed by atoms with Crippen LogP contribution in [0, 0.1) is 5.82 Å². The molecule has 0 saturated carbocycles. The maximum Gasteiger partial charge on any atom is 0.255 e. The minimum absolute atomic E-state index is 0.175. The van der Waals surface area contributed by atoms with E-state index in [1.165, 1.54) is 12.4 Å². The van der Waals surface area contributed by atoms with E-state index >= 15 is 0 Å². The van der Waals surface area contributed by atoms with Crippen molar-refractivity contribution in [2.45, 2.75) is 19.1 Å². The van der Waals surface area contributed by atoms with Crippen molar-refractivity contribution in [1.29, 1.82) is 0 Å². The number of halogens is 3. The molecule has 1 fully saturated rings. The molecule has 0 radical (unpaired) electrons. The second-order valence-corrected chi connectivity index (χ2v) is 12.9. The van der Waals surface area contributed by atoms with Crippen LogP contribution in [-0.4, -0.2) is 40.4 Å². The first-order valence-corrected chi connectivity index (χ1v) is 12.1. The fourth-order valence-electron chi connectivity index (χ4n) is 3.34. The van der Waals surface area contributed by atoms with E-state index in [0.717, 1.165) is 18.8 Å². The molecule has 5 nitrogen and oxygen atoms in total. The van der Waals surface area contributed by atoms with Gasteiger partial charge in [0.1, 0.15) is 23.1 Å². The number of fused-ring (bicyclic) bond motifs is 1. The average molecular weight is 396 g/mol. The van der Waals surface area contributed by atoms with Gasteiger partial charge in [0, 0.05) is 18.3 Å². The molecule has 1 aliphatic heterocycles. The Labute approximate surface area is 155 Å². The maximum atomic E-state index is 14.6. The molecule has 0 spiro atoms. The first-order valence-electron chi connectivity index (χ1n) is 7.96.